The van der Waals surface area contributed by atoms with Crippen molar-refractivity contribution in [2.75, 3.05) is 0 Å². The SMILES string of the molecule is C=C(N)N/N=C1\CCCc2cc(CC(=O)c3cc4cccc([N+](=O)[O-])c4[nH]3)ccc21. The van der Waals surface area contributed by atoms with E-state index in [1.807, 2.05) is 18.2 Å². The summed E-state index contributed by atoms with van der Waals surface area (Å²) < 4.78 is 0. The van der Waals surface area contributed by atoms with E-state index in [0.29, 0.717) is 16.6 Å². The van der Waals surface area contributed by atoms with Crippen molar-refractivity contribution in [2.45, 2.75) is 25.7 Å². The average Bonchev–Trinajstić information content (AvgIpc) is 3.16. The molecule has 8 heteroatoms. The summed E-state index contributed by atoms with van der Waals surface area (Å²) in [5, 5.41) is 16.2. The molecule has 1 heterocycles. The number of carbonyl (C=O) groups is 1. The number of nitrogens with one attached hydrogen (secondary N) is 2. The molecule has 0 spiro atoms. The summed E-state index contributed by atoms with van der Waals surface area (Å²) in [7, 11) is 0. The molecule has 4 rings (SSSR count). The first kappa shape index (κ1) is 19.4. The fourth-order valence-corrected chi connectivity index (χ4v) is 3.80. The van der Waals surface area contributed by atoms with E-state index in [-0.39, 0.29) is 23.7 Å². The van der Waals surface area contributed by atoms with Gasteiger partial charge in [-0.05, 0) is 36.5 Å². The van der Waals surface area contributed by atoms with Crippen molar-refractivity contribution < 1.29 is 9.72 Å². The molecule has 0 aliphatic heterocycles. The number of carbonyl (C=O) groups excluding carboxylic acids is 1. The quantitative estimate of drug-likeness (QED) is 0.329. The highest BCUT2D eigenvalue weighted by Gasteiger charge is 2.19. The standard InChI is InChI=1S/C22H21N5O3/c1-13(23)25-26-18-6-2-4-15-10-14(8-9-17(15)18)11-21(28)19-12-16-5-3-7-20(27(29)30)22(16)24-19/h3,5,7-10,12,24-25H,1-2,4,6,11,23H2/b26-18+. The maximum Gasteiger partial charge on any atom is 0.293 e. The number of nitro benzene ring substituents is 1. The zero-order chi connectivity index (χ0) is 21.3. The van der Waals surface area contributed by atoms with Crippen LogP contribution in [0.1, 0.15) is 40.0 Å². The van der Waals surface area contributed by atoms with Gasteiger partial charge in [-0.25, -0.2) is 0 Å². The fraction of sp³-hybridized carbons (Fsp3) is 0.182. The number of Topliss-reactive ketones (excluding diaryl/α,β-unsaturated/α-hetero) is 1. The maximum absolute atomic E-state index is 12.8. The lowest BCUT2D eigenvalue weighted by molar-refractivity contribution is -0.383. The second kappa shape index (κ2) is 7.82. The summed E-state index contributed by atoms with van der Waals surface area (Å²) >= 11 is 0. The van der Waals surface area contributed by atoms with E-state index in [1.54, 1.807) is 18.2 Å². The first-order chi connectivity index (χ1) is 14.4. The molecule has 0 atom stereocenters. The van der Waals surface area contributed by atoms with Crippen molar-refractivity contribution in [1.29, 1.82) is 0 Å². The van der Waals surface area contributed by atoms with Crippen LogP contribution < -0.4 is 11.2 Å². The first-order valence-electron chi connectivity index (χ1n) is 9.61. The summed E-state index contributed by atoms with van der Waals surface area (Å²) in [5.74, 6) is 0.168. The van der Waals surface area contributed by atoms with Crippen molar-refractivity contribution >= 4 is 28.1 Å². The largest absolute Gasteiger partial charge is 0.385 e. The van der Waals surface area contributed by atoms with Gasteiger partial charge in [-0.3, -0.25) is 20.3 Å². The molecule has 4 N–H and O–H groups in total. The van der Waals surface area contributed by atoms with Gasteiger partial charge >= 0.3 is 0 Å². The number of hydrogen-bond donors (Lipinski definition) is 3. The summed E-state index contributed by atoms with van der Waals surface area (Å²) in [6, 6.07) is 12.4. The van der Waals surface area contributed by atoms with Crippen LogP contribution in [0.15, 0.2) is 60.0 Å². The lowest BCUT2D eigenvalue weighted by atomic mass is 9.88. The van der Waals surface area contributed by atoms with Crippen LogP contribution in [-0.2, 0) is 12.8 Å². The van der Waals surface area contributed by atoms with Gasteiger partial charge in [-0.1, -0.05) is 36.9 Å². The number of nitrogens with two attached hydrogens (primary N) is 1. The second-order valence-electron chi connectivity index (χ2n) is 7.32. The number of rotatable bonds is 6. The number of nitrogens with zero attached hydrogens (tertiary/aromatic N) is 2. The number of non-ortho nitro benzene ring substituents is 1. The highest BCUT2D eigenvalue weighted by Crippen LogP contribution is 2.27. The van der Waals surface area contributed by atoms with Gasteiger partial charge in [0.15, 0.2) is 5.78 Å². The molecule has 0 saturated carbocycles. The predicted octanol–water partition coefficient (Wildman–Crippen LogP) is 3.56. The molecular formula is C22H21N5O3. The van der Waals surface area contributed by atoms with Crippen molar-refractivity contribution in [3.63, 3.8) is 0 Å². The normalized spacial score (nSPS) is 14.5. The third-order valence-corrected chi connectivity index (χ3v) is 5.17. The summed E-state index contributed by atoms with van der Waals surface area (Å²) in [6.45, 7) is 3.58. The van der Waals surface area contributed by atoms with Crippen LogP contribution in [0.4, 0.5) is 5.69 Å². The molecule has 0 unspecified atom stereocenters. The number of aromatic amines is 1. The van der Waals surface area contributed by atoms with Crippen molar-refractivity contribution in [1.82, 2.24) is 10.4 Å². The van der Waals surface area contributed by atoms with Crippen molar-refractivity contribution in [3.05, 3.63) is 87.4 Å². The number of ketones is 1. The number of para-hydroxylation sites is 1. The van der Waals surface area contributed by atoms with Gasteiger partial charge in [0.2, 0.25) is 0 Å². The van der Waals surface area contributed by atoms with Gasteiger partial charge in [-0.2, -0.15) is 5.10 Å². The minimum Gasteiger partial charge on any atom is -0.385 e. The molecule has 1 aromatic heterocycles. The van der Waals surface area contributed by atoms with Crippen molar-refractivity contribution in [2.24, 2.45) is 10.8 Å². The predicted molar refractivity (Wildman–Crippen MR) is 115 cm³/mol. The molecule has 0 radical (unpaired) electrons. The third-order valence-electron chi connectivity index (χ3n) is 5.17. The molecule has 30 heavy (non-hydrogen) atoms. The van der Waals surface area contributed by atoms with Crippen LogP contribution in [0.3, 0.4) is 0 Å². The average molecular weight is 403 g/mol. The topological polar surface area (TPSA) is 126 Å². The Bertz CT molecular complexity index is 1210. The molecule has 0 saturated heterocycles. The second-order valence-corrected chi connectivity index (χ2v) is 7.32. The highest BCUT2D eigenvalue weighted by atomic mass is 16.6. The number of benzene rings is 2. The maximum atomic E-state index is 12.8. The summed E-state index contributed by atoms with van der Waals surface area (Å²) in [5.41, 5.74) is 12.9. The van der Waals surface area contributed by atoms with Gasteiger partial charge in [0.05, 0.1) is 16.3 Å². The Balaban J connectivity index is 1.58. The van der Waals surface area contributed by atoms with Crippen molar-refractivity contribution in [3.8, 4) is 0 Å². The fourth-order valence-electron chi connectivity index (χ4n) is 3.80. The third kappa shape index (κ3) is 3.80. The number of hydrazone groups is 1. The van der Waals surface area contributed by atoms with Gasteiger partial charge in [0, 0.05) is 23.4 Å². The number of H-pyrrole nitrogens is 1. The molecule has 0 bridgehead atoms. The molecule has 8 nitrogen and oxygen atoms in total. The van der Waals surface area contributed by atoms with E-state index < -0.39 is 4.92 Å². The van der Waals surface area contributed by atoms with E-state index in [1.165, 1.54) is 6.07 Å². The van der Waals surface area contributed by atoms with E-state index in [0.717, 1.165) is 41.7 Å². The van der Waals surface area contributed by atoms with Crippen LogP contribution >= 0.6 is 0 Å². The Morgan fingerprint density at radius 3 is 2.87 bits per heavy atom. The van der Waals surface area contributed by atoms with E-state index in [4.69, 9.17) is 5.73 Å². The number of aromatic nitrogens is 1. The lowest BCUT2D eigenvalue weighted by Crippen LogP contribution is -2.19. The van der Waals surface area contributed by atoms with E-state index in [2.05, 4.69) is 22.1 Å². The molecule has 152 valence electrons. The van der Waals surface area contributed by atoms with Crippen LogP contribution in [0.25, 0.3) is 10.9 Å². The Morgan fingerprint density at radius 1 is 1.27 bits per heavy atom. The molecule has 1 aliphatic rings. The Kier molecular flexibility index (Phi) is 5.05. The zero-order valence-electron chi connectivity index (χ0n) is 16.3. The monoisotopic (exact) mass is 403 g/mol. The number of hydrogen-bond acceptors (Lipinski definition) is 6. The number of fused-ring (bicyclic) bond motifs is 2. The summed E-state index contributed by atoms with van der Waals surface area (Å²) in [4.78, 5) is 26.5. The molecule has 3 aromatic rings. The van der Waals surface area contributed by atoms with Crippen LogP contribution in [-0.4, -0.2) is 21.4 Å². The van der Waals surface area contributed by atoms with E-state index >= 15 is 0 Å². The Hall–Kier alpha value is -3.94. The van der Waals surface area contributed by atoms with Crippen LogP contribution in [0, 0.1) is 10.1 Å². The Labute approximate surface area is 172 Å². The highest BCUT2D eigenvalue weighted by molar-refractivity contribution is 6.04. The van der Waals surface area contributed by atoms with Crippen LogP contribution in [0.2, 0.25) is 0 Å². The number of aryl methyl sites for hydroxylation is 1. The molecule has 2 aromatic carbocycles. The van der Waals surface area contributed by atoms with E-state index in [9.17, 15) is 14.9 Å². The smallest absolute Gasteiger partial charge is 0.293 e. The zero-order valence-corrected chi connectivity index (χ0v) is 16.3. The molecule has 1 aliphatic carbocycles. The van der Waals surface area contributed by atoms with Crippen LogP contribution in [0.5, 0.6) is 0 Å². The van der Waals surface area contributed by atoms with Gasteiger partial charge in [-0.15, -0.1) is 0 Å². The summed E-state index contributed by atoms with van der Waals surface area (Å²) in [6.07, 6.45) is 2.93. The minimum absolute atomic E-state index is 0.0408. The van der Waals surface area contributed by atoms with Gasteiger partial charge < -0.3 is 10.7 Å². The molecular weight excluding hydrogens is 382 g/mol. The van der Waals surface area contributed by atoms with Gasteiger partial charge in [0.1, 0.15) is 11.3 Å². The first-order valence-corrected chi connectivity index (χ1v) is 9.61. The van der Waals surface area contributed by atoms with Gasteiger partial charge in [0.25, 0.3) is 5.69 Å². The number of nitro groups is 1. The molecule has 0 fully saturated rings. The Morgan fingerprint density at radius 2 is 2.10 bits per heavy atom. The molecule has 0 amide bonds. The lowest BCUT2D eigenvalue weighted by Gasteiger charge is -2.19. The minimum atomic E-state index is -0.454.